The standard InChI is InChI=1S/C14H21BrO/c1-11(2)12(3)16-10-14(9-15)13-7-5-4-6-8-13/h4-8,11-12,14H,9-10H2,1-3H3. The third kappa shape index (κ3) is 4.26. The van der Waals surface area contributed by atoms with Crippen LogP contribution >= 0.6 is 15.9 Å². The Morgan fingerprint density at radius 2 is 1.75 bits per heavy atom. The van der Waals surface area contributed by atoms with E-state index in [2.05, 4.69) is 61.0 Å². The summed E-state index contributed by atoms with van der Waals surface area (Å²) in [6.07, 6.45) is 0.324. The summed E-state index contributed by atoms with van der Waals surface area (Å²) in [6.45, 7) is 7.31. The molecule has 0 heterocycles. The van der Waals surface area contributed by atoms with Crippen LogP contribution in [0.25, 0.3) is 0 Å². The van der Waals surface area contributed by atoms with Crippen LogP contribution in [0, 0.1) is 5.92 Å². The van der Waals surface area contributed by atoms with Crippen LogP contribution in [0.15, 0.2) is 30.3 Å². The average Bonchev–Trinajstić information content (AvgIpc) is 2.30. The second-order valence-corrected chi connectivity index (χ2v) is 5.19. The van der Waals surface area contributed by atoms with E-state index in [0.717, 1.165) is 11.9 Å². The van der Waals surface area contributed by atoms with Crippen LogP contribution in [0.4, 0.5) is 0 Å². The van der Waals surface area contributed by atoms with E-state index in [1.54, 1.807) is 0 Å². The number of ether oxygens (including phenoxy) is 1. The largest absolute Gasteiger partial charge is 0.378 e. The number of alkyl halides is 1. The maximum atomic E-state index is 5.88. The predicted octanol–water partition coefficient (Wildman–Crippen LogP) is 4.23. The van der Waals surface area contributed by atoms with Gasteiger partial charge in [0.05, 0.1) is 12.7 Å². The van der Waals surface area contributed by atoms with Gasteiger partial charge in [-0.2, -0.15) is 0 Å². The summed E-state index contributed by atoms with van der Waals surface area (Å²) >= 11 is 3.56. The Balaban J connectivity index is 2.50. The Morgan fingerprint density at radius 1 is 1.12 bits per heavy atom. The second kappa shape index (κ2) is 7.08. The van der Waals surface area contributed by atoms with Crippen molar-refractivity contribution in [2.75, 3.05) is 11.9 Å². The SMILES string of the molecule is CC(C)C(C)OCC(CBr)c1ccccc1. The molecule has 1 nitrogen and oxygen atoms in total. The smallest absolute Gasteiger partial charge is 0.0570 e. The first-order chi connectivity index (χ1) is 7.65. The van der Waals surface area contributed by atoms with E-state index < -0.39 is 0 Å². The van der Waals surface area contributed by atoms with Gasteiger partial charge in [0, 0.05) is 11.2 Å². The molecule has 0 bridgehead atoms. The average molecular weight is 285 g/mol. The fourth-order valence-corrected chi connectivity index (χ4v) is 1.98. The zero-order valence-electron chi connectivity index (χ0n) is 10.3. The highest BCUT2D eigenvalue weighted by Gasteiger charge is 2.13. The van der Waals surface area contributed by atoms with Crippen molar-refractivity contribution in [3.63, 3.8) is 0 Å². The van der Waals surface area contributed by atoms with E-state index in [1.807, 2.05) is 6.07 Å². The first-order valence-corrected chi connectivity index (χ1v) is 6.99. The van der Waals surface area contributed by atoms with Gasteiger partial charge in [-0.3, -0.25) is 0 Å². The fourth-order valence-electron chi connectivity index (χ4n) is 1.42. The zero-order valence-corrected chi connectivity index (χ0v) is 11.9. The Morgan fingerprint density at radius 3 is 2.25 bits per heavy atom. The van der Waals surface area contributed by atoms with Crippen molar-refractivity contribution in [1.29, 1.82) is 0 Å². The first-order valence-electron chi connectivity index (χ1n) is 5.87. The van der Waals surface area contributed by atoms with Crippen LogP contribution < -0.4 is 0 Å². The minimum atomic E-state index is 0.324. The number of benzene rings is 1. The summed E-state index contributed by atoms with van der Waals surface area (Å²) < 4.78 is 5.88. The summed E-state index contributed by atoms with van der Waals surface area (Å²) in [4.78, 5) is 0. The van der Waals surface area contributed by atoms with Crippen molar-refractivity contribution >= 4 is 15.9 Å². The van der Waals surface area contributed by atoms with Crippen molar-refractivity contribution in [1.82, 2.24) is 0 Å². The normalized spacial score (nSPS) is 15.1. The van der Waals surface area contributed by atoms with E-state index in [-0.39, 0.29) is 0 Å². The molecule has 0 fully saturated rings. The quantitative estimate of drug-likeness (QED) is 0.711. The van der Waals surface area contributed by atoms with Crippen molar-refractivity contribution < 1.29 is 4.74 Å². The van der Waals surface area contributed by atoms with E-state index in [1.165, 1.54) is 5.56 Å². The van der Waals surface area contributed by atoms with E-state index in [9.17, 15) is 0 Å². The highest BCUT2D eigenvalue weighted by molar-refractivity contribution is 9.09. The molecule has 0 N–H and O–H groups in total. The van der Waals surface area contributed by atoms with Crippen molar-refractivity contribution in [2.24, 2.45) is 5.92 Å². The molecular weight excluding hydrogens is 264 g/mol. The van der Waals surface area contributed by atoms with Gasteiger partial charge in [0.25, 0.3) is 0 Å². The Hall–Kier alpha value is -0.340. The van der Waals surface area contributed by atoms with Gasteiger partial charge in [0.15, 0.2) is 0 Å². The Labute approximate surface area is 107 Å². The molecule has 2 unspecified atom stereocenters. The molecule has 1 aromatic carbocycles. The van der Waals surface area contributed by atoms with Crippen LogP contribution in [0.2, 0.25) is 0 Å². The summed E-state index contributed by atoms with van der Waals surface area (Å²) in [7, 11) is 0. The van der Waals surface area contributed by atoms with Crippen LogP contribution in [0.3, 0.4) is 0 Å². The van der Waals surface area contributed by atoms with Gasteiger partial charge in [-0.25, -0.2) is 0 Å². The minimum Gasteiger partial charge on any atom is -0.378 e. The predicted molar refractivity (Wildman–Crippen MR) is 73.2 cm³/mol. The zero-order chi connectivity index (χ0) is 12.0. The number of hydrogen-bond donors (Lipinski definition) is 0. The third-order valence-electron chi connectivity index (χ3n) is 2.96. The highest BCUT2D eigenvalue weighted by atomic mass is 79.9. The molecular formula is C14H21BrO. The summed E-state index contributed by atoms with van der Waals surface area (Å²) in [5.41, 5.74) is 1.34. The Bertz CT molecular complexity index is 284. The van der Waals surface area contributed by atoms with Gasteiger partial charge < -0.3 is 4.74 Å². The van der Waals surface area contributed by atoms with Gasteiger partial charge in [0.2, 0.25) is 0 Å². The van der Waals surface area contributed by atoms with Gasteiger partial charge in [0.1, 0.15) is 0 Å². The Kier molecular flexibility index (Phi) is 6.07. The molecule has 0 radical (unpaired) electrons. The lowest BCUT2D eigenvalue weighted by atomic mass is 10.0. The molecule has 1 aromatic rings. The maximum Gasteiger partial charge on any atom is 0.0570 e. The lowest BCUT2D eigenvalue weighted by Crippen LogP contribution is -2.20. The van der Waals surface area contributed by atoms with E-state index in [0.29, 0.717) is 17.9 Å². The summed E-state index contributed by atoms with van der Waals surface area (Å²) in [6, 6.07) is 10.5. The lowest BCUT2D eigenvalue weighted by Gasteiger charge is -2.21. The monoisotopic (exact) mass is 284 g/mol. The molecule has 0 saturated carbocycles. The molecule has 0 aliphatic carbocycles. The number of halogens is 1. The van der Waals surface area contributed by atoms with Gasteiger partial charge in [-0.15, -0.1) is 0 Å². The molecule has 1 rings (SSSR count). The van der Waals surface area contributed by atoms with Gasteiger partial charge >= 0.3 is 0 Å². The lowest BCUT2D eigenvalue weighted by molar-refractivity contribution is 0.0294. The summed E-state index contributed by atoms with van der Waals surface area (Å²) in [5.74, 6) is 1.02. The van der Waals surface area contributed by atoms with Crippen molar-refractivity contribution in [3.05, 3.63) is 35.9 Å². The third-order valence-corrected chi connectivity index (χ3v) is 3.74. The molecule has 0 saturated heterocycles. The summed E-state index contributed by atoms with van der Waals surface area (Å²) in [5, 5.41) is 0.946. The van der Waals surface area contributed by atoms with Crippen LogP contribution in [-0.4, -0.2) is 18.0 Å². The van der Waals surface area contributed by atoms with Crippen molar-refractivity contribution in [2.45, 2.75) is 32.8 Å². The van der Waals surface area contributed by atoms with E-state index in [4.69, 9.17) is 4.74 Å². The molecule has 2 atom stereocenters. The maximum absolute atomic E-state index is 5.88. The van der Waals surface area contributed by atoms with Crippen LogP contribution in [-0.2, 0) is 4.74 Å². The number of rotatable bonds is 6. The molecule has 0 amide bonds. The fraction of sp³-hybridized carbons (Fsp3) is 0.571. The highest BCUT2D eigenvalue weighted by Crippen LogP contribution is 2.19. The molecule has 0 aliphatic heterocycles. The molecule has 90 valence electrons. The number of hydrogen-bond acceptors (Lipinski definition) is 1. The van der Waals surface area contributed by atoms with Crippen LogP contribution in [0.1, 0.15) is 32.3 Å². The molecule has 16 heavy (non-hydrogen) atoms. The second-order valence-electron chi connectivity index (χ2n) is 4.54. The molecule has 0 aromatic heterocycles. The minimum absolute atomic E-state index is 0.324. The molecule has 0 aliphatic rings. The van der Waals surface area contributed by atoms with Gasteiger partial charge in [-0.05, 0) is 18.4 Å². The molecule has 0 spiro atoms. The first kappa shape index (κ1) is 13.7. The van der Waals surface area contributed by atoms with E-state index >= 15 is 0 Å². The molecule has 2 heteroatoms. The topological polar surface area (TPSA) is 9.23 Å². The van der Waals surface area contributed by atoms with Crippen molar-refractivity contribution in [3.8, 4) is 0 Å². The van der Waals surface area contributed by atoms with Gasteiger partial charge in [-0.1, -0.05) is 60.1 Å². The van der Waals surface area contributed by atoms with Crippen LogP contribution in [0.5, 0.6) is 0 Å².